The van der Waals surface area contributed by atoms with Crippen LogP contribution in [0.3, 0.4) is 0 Å². The quantitative estimate of drug-likeness (QED) is 0.180. The Kier molecular flexibility index (Phi) is 7.67. The van der Waals surface area contributed by atoms with Gasteiger partial charge in [-0.2, -0.15) is 0 Å². The molecule has 3 heterocycles. The molecule has 0 fully saturated rings. The molecular formula is C27H22N2O12. The van der Waals surface area contributed by atoms with E-state index in [0.29, 0.717) is 5.56 Å². The average Bonchev–Trinajstić information content (AvgIpc) is 2.92. The Labute approximate surface area is 228 Å². The Bertz CT molecular complexity index is 1740. The number of rotatable bonds is 8. The van der Waals surface area contributed by atoms with E-state index >= 15 is 0 Å². The second kappa shape index (κ2) is 11.1. The highest BCUT2D eigenvalue weighted by Crippen LogP contribution is 2.44. The highest BCUT2D eigenvalue weighted by molar-refractivity contribution is 5.95. The lowest BCUT2D eigenvalue weighted by molar-refractivity contribution is 0.0910. The van der Waals surface area contributed by atoms with Gasteiger partial charge in [0.25, 0.3) is 5.91 Å². The second-order valence-corrected chi connectivity index (χ2v) is 8.80. The Morgan fingerprint density at radius 3 is 1.85 bits per heavy atom. The van der Waals surface area contributed by atoms with Crippen LogP contribution in [0.5, 0.6) is 17.2 Å². The maximum atomic E-state index is 13.4. The van der Waals surface area contributed by atoms with Crippen LogP contribution < -0.4 is 26.9 Å². The molecule has 0 spiro atoms. The number of amides is 2. The number of benzene rings is 1. The van der Waals surface area contributed by atoms with Gasteiger partial charge in [-0.3, -0.25) is 19.2 Å². The van der Waals surface area contributed by atoms with Crippen molar-refractivity contribution in [3.8, 4) is 17.2 Å². The minimum absolute atomic E-state index is 0.148. The molecule has 14 heteroatoms. The van der Waals surface area contributed by atoms with Gasteiger partial charge in [0.1, 0.15) is 0 Å². The van der Waals surface area contributed by atoms with E-state index in [1.54, 1.807) is 25.1 Å². The van der Waals surface area contributed by atoms with Crippen LogP contribution in [0, 0.1) is 6.92 Å². The molecule has 0 saturated carbocycles. The second-order valence-electron chi connectivity index (χ2n) is 8.80. The summed E-state index contributed by atoms with van der Waals surface area (Å²) in [5, 5.41) is 46.3. The molecular weight excluding hydrogens is 544 g/mol. The van der Waals surface area contributed by atoms with Gasteiger partial charge in [0, 0.05) is 30.2 Å². The molecule has 4 aromatic rings. The largest absolute Gasteiger partial charge is 0.502 e. The zero-order valence-corrected chi connectivity index (χ0v) is 21.1. The maximum absolute atomic E-state index is 13.4. The number of hydrogen-bond acceptors (Lipinski definition) is 11. The molecule has 4 rings (SSSR count). The molecule has 0 aliphatic rings. The summed E-state index contributed by atoms with van der Waals surface area (Å²) in [5.74, 6) is -6.32. The third-order valence-electron chi connectivity index (χ3n) is 6.21. The monoisotopic (exact) mass is 566 g/mol. The minimum atomic E-state index is -2.66. The Morgan fingerprint density at radius 2 is 1.32 bits per heavy atom. The Morgan fingerprint density at radius 1 is 0.805 bits per heavy atom. The van der Waals surface area contributed by atoms with E-state index < -0.39 is 80.8 Å². The van der Waals surface area contributed by atoms with Crippen molar-refractivity contribution in [3.05, 3.63) is 120 Å². The summed E-state index contributed by atoms with van der Waals surface area (Å²) in [6, 6.07) is 7.18. The van der Waals surface area contributed by atoms with Crippen LogP contribution in [0.4, 0.5) is 4.79 Å². The van der Waals surface area contributed by atoms with Crippen molar-refractivity contribution in [1.82, 2.24) is 10.6 Å². The summed E-state index contributed by atoms with van der Waals surface area (Å²) in [5.41, 5.74) is -5.01. The highest BCUT2D eigenvalue weighted by Gasteiger charge is 2.49. The standard InChI is InChI=1S/C27H22N2O12/c1-13-4-2-3-5-14(13)25(36)28-15(22-19(33)16(30)6-9-39-22)12-27(29-26(37)38,23-20(34)17(31)7-10-40-23)24-21(35)18(32)8-11-41-24/h2-11,15,29,33-35H,12H2,1H3,(H,28,36)(H,37,38). The number of carbonyl (C=O) groups excluding carboxylic acids is 1. The number of aromatic hydroxyl groups is 3. The first-order valence-corrected chi connectivity index (χ1v) is 11.8. The lowest BCUT2D eigenvalue weighted by Gasteiger charge is -2.34. The molecule has 212 valence electrons. The molecule has 41 heavy (non-hydrogen) atoms. The van der Waals surface area contributed by atoms with Crippen molar-refractivity contribution in [2.24, 2.45) is 0 Å². The van der Waals surface area contributed by atoms with Crippen LogP contribution >= 0.6 is 0 Å². The molecule has 0 aliphatic heterocycles. The first kappa shape index (κ1) is 28.2. The van der Waals surface area contributed by atoms with Crippen LogP contribution in [-0.4, -0.2) is 32.4 Å². The van der Waals surface area contributed by atoms with Crippen molar-refractivity contribution in [1.29, 1.82) is 0 Å². The zero-order chi connectivity index (χ0) is 29.9. The number of aryl methyl sites for hydroxylation is 1. The van der Waals surface area contributed by atoms with E-state index in [4.69, 9.17) is 13.3 Å². The van der Waals surface area contributed by atoms with E-state index in [1.807, 2.05) is 5.32 Å². The third-order valence-corrected chi connectivity index (χ3v) is 6.21. The smallest absolute Gasteiger partial charge is 0.405 e. The summed E-state index contributed by atoms with van der Waals surface area (Å²) < 4.78 is 16.0. The van der Waals surface area contributed by atoms with E-state index in [1.165, 1.54) is 6.07 Å². The molecule has 1 aromatic carbocycles. The zero-order valence-electron chi connectivity index (χ0n) is 21.1. The number of hydrogen-bond donors (Lipinski definition) is 6. The molecule has 6 N–H and O–H groups in total. The van der Waals surface area contributed by atoms with Crippen LogP contribution in [0.2, 0.25) is 0 Å². The Hall–Kier alpha value is -5.79. The van der Waals surface area contributed by atoms with Crippen LogP contribution in [0.25, 0.3) is 0 Å². The molecule has 2 amide bonds. The normalized spacial score (nSPS) is 11.9. The summed E-state index contributed by atoms with van der Waals surface area (Å²) in [6.45, 7) is 1.63. The van der Waals surface area contributed by atoms with Gasteiger partial charge in [-0.1, -0.05) is 18.2 Å². The van der Waals surface area contributed by atoms with E-state index in [2.05, 4.69) is 5.32 Å². The van der Waals surface area contributed by atoms with Gasteiger partial charge < -0.3 is 44.3 Å². The molecule has 0 aliphatic carbocycles. The minimum Gasteiger partial charge on any atom is -0.502 e. The van der Waals surface area contributed by atoms with Crippen LogP contribution in [-0.2, 0) is 5.54 Å². The topological polar surface area (TPSA) is 230 Å². The van der Waals surface area contributed by atoms with Gasteiger partial charge in [0.15, 0.2) is 22.8 Å². The summed E-state index contributed by atoms with van der Waals surface area (Å²) in [6.07, 6.45) is -0.233. The SMILES string of the molecule is Cc1ccccc1C(=O)NC(CC(NC(=O)O)(c1occc(=O)c1O)c1occc(=O)c1O)c1occc(=O)c1O. The molecule has 0 bridgehead atoms. The predicted octanol–water partition coefficient (Wildman–Crippen LogP) is 2.04. The van der Waals surface area contributed by atoms with E-state index in [0.717, 1.165) is 37.0 Å². The highest BCUT2D eigenvalue weighted by atomic mass is 16.4. The summed E-state index contributed by atoms with van der Waals surface area (Å²) in [7, 11) is 0. The number of carboxylic acid groups (broad SMARTS) is 1. The van der Waals surface area contributed by atoms with Crippen molar-refractivity contribution < 1.29 is 43.3 Å². The fraction of sp³-hybridized carbons (Fsp3) is 0.148. The van der Waals surface area contributed by atoms with Gasteiger partial charge in [-0.25, -0.2) is 4.79 Å². The van der Waals surface area contributed by atoms with Crippen LogP contribution in [0.1, 0.15) is 45.7 Å². The van der Waals surface area contributed by atoms with Gasteiger partial charge in [-0.15, -0.1) is 0 Å². The molecule has 0 radical (unpaired) electrons. The molecule has 0 saturated heterocycles. The van der Waals surface area contributed by atoms with Crippen molar-refractivity contribution in [3.63, 3.8) is 0 Å². The van der Waals surface area contributed by atoms with Gasteiger partial charge in [0.05, 0.1) is 24.8 Å². The fourth-order valence-electron chi connectivity index (χ4n) is 4.31. The third kappa shape index (κ3) is 5.38. The molecule has 14 nitrogen and oxygen atoms in total. The predicted molar refractivity (Wildman–Crippen MR) is 138 cm³/mol. The summed E-state index contributed by atoms with van der Waals surface area (Å²) in [4.78, 5) is 62.6. The van der Waals surface area contributed by atoms with Gasteiger partial charge in [0.2, 0.25) is 33.5 Å². The van der Waals surface area contributed by atoms with Gasteiger partial charge >= 0.3 is 6.09 Å². The molecule has 3 aromatic heterocycles. The lowest BCUT2D eigenvalue weighted by atomic mass is 9.83. The maximum Gasteiger partial charge on any atom is 0.405 e. The Balaban J connectivity index is 2.04. The summed E-state index contributed by atoms with van der Waals surface area (Å²) >= 11 is 0. The van der Waals surface area contributed by atoms with E-state index in [-0.39, 0.29) is 5.56 Å². The molecule has 1 atom stereocenters. The number of nitrogens with one attached hydrogen (secondary N) is 2. The van der Waals surface area contributed by atoms with Crippen molar-refractivity contribution in [2.45, 2.75) is 24.9 Å². The fourth-order valence-corrected chi connectivity index (χ4v) is 4.31. The van der Waals surface area contributed by atoms with Crippen molar-refractivity contribution in [2.75, 3.05) is 0 Å². The molecule has 1 unspecified atom stereocenters. The first-order valence-electron chi connectivity index (χ1n) is 11.8. The van der Waals surface area contributed by atoms with Gasteiger partial charge in [-0.05, 0) is 18.6 Å². The first-order chi connectivity index (χ1) is 19.5. The average molecular weight is 566 g/mol. The lowest BCUT2D eigenvalue weighted by Crippen LogP contribution is -2.50. The number of carbonyl (C=O) groups is 2. The van der Waals surface area contributed by atoms with E-state index in [9.17, 15) is 44.4 Å². The van der Waals surface area contributed by atoms with Crippen LogP contribution in [0.15, 0.2) is 88.9 Å². The van der Waals surface area contributed by atoms with Crippen molar-refractivity contribution >= 4 is 12.0 Å².